The molecule has 0 spiro atoms. The third-order valence-electron chi connectivity index (χ3n) is 2.00. The molecule has 0 saturated carbocycles. The van der Waals surface area contributed by atoms with Crippen molar-refractivity contribution in [2.45, 2.75) is 52.9 Å². The lowest BCUT2D eigenvalue weighted by atomic mass is 10.1. The molecule has 0 bridgehead atoms. The third kappa shape index (κ3) is 6.81. The van der Waals surface area contributed by atoms with Crippen molar-refractivity contribution in [2.24, 2.45) is 5.92 Å². The third-order valence-corrected chi connectivity index (χ3v) is 2.00. The predicted molar refractivity (Wildman–Crippen MR) is 57.8 cm³/mol. The Morgan fingerprint density at radius 3 is 2.43 bits per heavy atom. The second-order valence-corrected chi connectivity index (χ2v) is 3.99. The first-order chi connectivity index (χ1) is 6.57. The molecule has 0 amide bonds. The van der Waals surface area contributed by atoms with Crippen molar-refractivity contribution in [3.05, 3.63) is 11.9 Å². The molecule has 0 aliphatic heterocycles. The fraction of sp³-hybridized carbons (Fsp3) is 0.750. The topological polar surface area (TPSA) is 17.1 Å². The maximum atomic E-state index is 13.1. The Morgan fingerprint density at radius 2 is 1.93 bits per heavy atom. The summed E-state index contributed by atoms with van der Waals surface area (Å²) in [5, 5.41) is 0. The van der Waals surface area contributed by atoms with E-state index in [9.17, 15) is 9.18 Å². The monoisotopic (exact) mass is 200 g/mol. The molecule has 0 heterocycles. The lowest BCUT2D eigenvalue weighted by molar-refractivity contribution is -0.117. The van der Waals surface area contributed by atoms with Crippen molar-refractivity contribution in [1.29, 1.82) is 0 Å². The van der Waals surface area contributed by atoms with Gasteiger partial charge in [0.25, 0.3) is 0 Å². The van der Waals surface area contributed by atoms with Crippen molar-refractivity contribution < 1.29 is 9.18 Å². The van der Waals surface area contributed by atoms with E-state index >= 15 is 0 Å². The fourth-order valence-electron chi connectivity index (χ4n) is 1.22. The van der Waals surface area contributed by atoms with Crippen molar-refractivity contribution in [1.82, 2.24) is 0 Å². The van der Waals surface area contributed by atoms with Crippen molar-refractivity contribution >= 4 is 5.78 Å². The molecular weight excluding hydrogens is 179 g/mol. The van der Waals surface area contributed by atoms with Gasteiger partial charge >= 0.3 is 0 Å². The summed E-state index contributed by atoms with van der Waals surface area (Å²) in [6.45, 7) is 5.84. The van der Waals surface area contributed by atoms with Gasteiger partial charge in [-0.15, -0.1) is 0 Å². The van der Waals surface area contributed by atoms with Gasteiger partial charge in [-0.05, 0) is 18.4 Å². The van der Waals surface area contributed by atoms with Crippen LogP contribution in [-0.2, 0) is 4.79 Å². The molecule has 0 aliphatic rings. The van der Waals surface area contributed by atoms with E-state index in [2.05, 4.69) is 6.92 Å². The summed E-state index contributed by atoms with van der Waals surface area (Å²) < 4.78 is 13.1. The lowest BCUT2D eigenvalue weighted by Gasteiger charge is -2.00. The number of unbranched alkanes of at least 4 members (excludes halogenated alkanes) is 3. The van der Waals surface area contributed by atoms with Gasteiger partial charge in [0.05, 0.1) is 0 Å². The first-order valence-electron chi connectivity index (χ1n) is 5.48. The molecule has 0 N–H and O–H groups in total. The Kier molecular flexibility index (Phi) is 7.35. The first kappa shape index (κ1) is 13.3. The van der Waals surface area contributed by atoms with Crippen LogP contribution in [0.3, 0.4) is 0 Å². The molecule has 0 radical (unpaired) electrons. The molecule has 0 aromatic rings. The van der Waals surface area contributed by atoms with Gasteiger partial charge in [0.2, 0.25) is 0 Å². The number of carbonyl (C=O) groups is 1. The van der Waals surface area contributed by atoms with Crippen LogP contribution in [0.15, 0.2) is 11.9 Å². The average molecular weight is 200 g/mol. The van der Waals surface area contributed by atoms with E-state index in [-0.39, 0.29) is 11.7 Å². The lowest BCUT2D eigenvalue weighted by Crippen LogP contribution is -1.99. The quantitative estimate of drug-likeness (QED) is 0.448. The van der Waals surface area contributed by atoms with Gasteiger partial charge in [-0.1, -0.05) is 40.0 Å². The normalized spacial score (nSPS) is 12.2. The molecule has 82 valence electrons. The highest BCUT2D eigenvalue weighted by Gasteiger charge is 2.08. The van der Waals surface area contributed by atoms with E-state index in [0.717, 1.165) is 25.7 Å². The number of halogens is 1. The Labute approximate surface area is 86.4 Å². The van der Waals surface area contributed by atoms with E-state index in [4.69, 9.17) is 0 Å². The number of ketones is 1. The maximum Gasteiger partial charge on any atom is 0.190 e. The standard InChI is InChI=1S/C12H21FO/c1-4-5-6-7-8-12(14)11(13)9-10(2)3/h9-10H,4-8H2,1-3H3/b11-9-. The van der Waals surface area contributed by atoms with E-state index in [0.29, 0.717) is 6.42 Å². The van der Waals surface area contributed by atoms with Crippen LogP contribution < -0.4 is 0 Å². The SMILES string of the molecule is CCCCCCC(=O)/C(F)=C/C(C)C. The smallest absolute Gasteiger partial charge is 0.190 e. The minimum absolute atomic E-state index is 0.106. The molecule has 1 nitrogen and oxygen atoms in total. The van der Waals surface area contributed by atoms with Gasteiger partial charge in [0.1, 0.15) is 0 Å². The minimum atomic E-state index is -0.559. The Bertz CT molecular complexity index is 194. The number of allylic oxidation sites excluding steroid dienone is 2. The fourth-order valence-corrected chi connectivity index (χ4v) is 1.22. The molecule has 2 heteroatoms. The second-order valence-electron chi connectivity index (χ2n) is 3.99. The van der Waals surface area contributed by atoms with Gasteiger partial charge in [-0.25, -0.2) is 4.39 Å². The summed E-state index contributed by atoms with van der Waals surface area (Å²) in [6.07, 6.45) is 5.85. The summed E-state index contributed by atoms with van der Waals surface area (Å²) in [4.78, 5) is 11.2. The zero-order chi connectivity index (χ0) is 11.0. The maximum absolute atomic E-state index is 13.1. The van der Waals surface area contributed by atoms with Gasteiger partial charge in [0.15, 0.2) is 11.6 Å². The van der Waals surface area contributed by atoms with Gasteiger partial charge in [0, 0.05) is 6.42 Å². The molecule has 0 aliphatic carbocycles. The molecule has 0 aromatic heterocycles. The Hall–Kier alpha value is -0.660. The van der Waals surface area contributed by atoms with Crippen LogP contribution in [0.25, 0.3) is 0 Å². The van der Waals surface area contributed by atoms with Crippen LogP contribution in [0, 0.1) is 5.92 Å². The zero-order valence-corrected chi connectivity index (χ0v) is 9.48. The van der Waals surface area contributed by atoms with Crippen LogP contribution in [0.2, 0.25) is 0 Å². The highest BCUT2D eigenvalue weighted by atomic mass is 19.1. The van der Waals surface area contributed by atoms with Gasteiger partial charge in [-0.3, -0.25) is 4.79 Å². The van der Waals surface area contributed by atoms with Gasteiger partial charge < -0.3 is 0 Å². The summed E-state index contributed by atoms with van der Waals surface area (Å²) in [7, 11) is 0. The van der Waals surface area contributed by atoms with Crippen molar-refractivity contribution in [3.63, 3.8) is 0 Å². The number of rotatable bonds is 7. The molecule has 14 heavy (non-hydrogen) atoms. The number of hydrogen-bond acceptors (Lipinski definition) is 1. The van der Waals surface area contributed by atoms with Crippen LogP contribution >= 0.6 is 0 Å². The molecule has 0 atom stereocenters. The summed E-state index contributed by atoms with van der Waals surface area (Å²) in [6, 6.07) is 0. The molecule has 0 rings (SSSR count). The zero-order valence-electron chi connectivity index (χ0n) is 9.48. The second kappa shape index (κ2) is 7.72. The van der Waals surface area contributed by atoms with Crippen molar-refractivity contribution in [2.75, 3.05) is 0 Å². The van der Waals surface area contributed by atoms with Crippen LogP contribution in [0.1, 0.15) is 52.9 Å². The summed E-state index contributed by atoms with van der Waals surface area (Å²) >= 11 is 0. The molecule has 0 fully saturated rings. The summed E-state index contributed by atoms with van der Waals surface area (Å²) in [5.41, 5.74) is 0. The average Bonchev–Trinajstić information content (AvgIpc) is 2.11. The summed E-state index contributed by atoms with van der Waals surface area (Å²) in [5.74, 6) is -0.791. The van der Waals surface area contributed by atoms with E-state index in [1.165, 1.54) is 6.08 Å². The Balaban J connectivity index is 3.73. The van der Waals surface area contributed by atoms with Crippen LogP contribution in [-0.4, -0.2) is 5.78 Å². The highest BCUT2D eigenvalue weighted by molar-refractivity contribution is 5.93. The number of hydrogen-bond donors (Lipinski definition) is 0. The largest absolute Gasteiger partial charge is 0.292 e. The first-order valence-corrected chi connectivity index (χ1v) is 5.48. The molecular formula is C12H21FO. The molecule has 0 aromatic carbocycles. The highest BCUT2D eigenvalue weighted by Crippen LogP contribution is 2.10. The van der Waals surface area contributed by atoms with Crippen molar-refractivity contribution in [3.8, 4) is 0 Å². The van der Waals surface area contributed by atoms with Crippen LogP contribution in [0.4, 0.5) is 4.39 Å². The minimum Gasteiger partial charge on any atom is -0.292 e. The van der Waals surface area contributed by atoms with E-state index in [1.807, 2.05) is 13.8 Å². The number of carbonyl (C=O) groups excluding carboxylic acids is 1. The number of Topliss-reactive ketones (excluding diaryl/α,β-unsaturated/α-hetero) is 1. The van der Waals surface area contributed by atoms with Crippen LogP contribution in [0.5, 0.6) is 0 Å². The predicted octanol–water partition coefficient (Wildman–Crippen LogP) is 4.04. The van der Waals surface area contributed by atoms with E-state index in [1.54, 1.807) is 0 Å². The van der Waals surface area contributed by atoms with Gasteiger partial charge in [-0.2, -0.15) is 0 Å². The molecule has 0 saturated heterocycles. The Morgan fingerprint density at radius 1 is 1.29 bits per heavy atom. The molecule has 0 unspecified atom stereocenters. The van der Waals surface area contributed by atoms with E-state index < -0.39 is 5.83 Å².